The van der Waals surface area contributed by atoms with E-state index in [0.717, 1.165) is 6.07 Å². The Kier molecular flexibility index (Phi) is 4.03. The summed E-state index contributed by atoms with van der Waals surface area (Å²) in [5.41, 5.74) is -1.54. The number of rotatable bonds is 2. The topological polar surface area (TPSA) is 29.1 Å². The Morgan fingerprint density at radius 1 is 1.41 bits per heavy atom. The Bertz CT molecular complexity index is 431. The van der Waals surface area contributed by atoms with Crippen molar-refractivity contribution in [1.29, 1.82) is 0 Å². The summed E-state index contributed by atoms with van der Waals surface area (Å²) >= 11 is 3.82. The van der Waals surface area contributed by atoms with E-state index in [-0.39, 0.29) is 5.69 Å². The molecule has 2 nitrogen and oxygen atoms in total. The molecule has 1 amide bonds. The van der Waals surface area contributed by atoms with Crippen molar-refractivity contribution < 1.29 is 22.4 Å². The van der Waals surface area contributed by atoms with Crippen LogP contribution in [0.5, 0.6) is 0 Å². The SMILES string of the molecule is CC(S)C(=O)Nc1ccc(F)c(C(F)(F)F)c1. The first-order chi connectivity index (χ1) is 7.71. The second kappa shape index (κ2) is 4.95. The van der Waals surface area contributed by atoms with Gasteiger partial charge in [-0.1, -0.05) is 0 Å². The monoisotopic (exact) mass is 267 g/mol. The first-order valence-corrected chi connectivity index (χ1v) is 5.09. The number of carbonyl (C=O) groups excluding carboxylic acids is 1. The number of hydrogen-bond donors (Lipinski definition) is 2. The van der Waals surface area contributed by atoms with E-state index in [0.29, 0.717) is 12.1 Å². The molecule has 0 aromatic heterocycles. The van der Waals surface area contributed by atoms with E-state index < -0.39 is 28.7 Å². The highest BCUT2D eigenvalue weighted by molar-refractivity contribution is 7.81. The fraction of sp³-hybridized carbons (Fsp3) is 0.300. The highest BCUT2D eigenvalue weighted by Crippen LogP contribution is 2.32. The summed E-state index contributed by atoms with van der Waals surface area (Å²) in [7, 11) is 0. The minimum absolute atomic E-state index is 0.121. The van der Waals surface area contributed by atoms with Crippen LogP contribution in [0.4, 0.5) is 23.2 Å². The largest absolute Gasteiger partial charge is 0.419 e. The van der Waals surface area contributed by atoms with Crippen LogP contribution in [-0.2, 0) is 11.0 Å². The van der Waals surface area contributed by atoms with E-state index in [1.807, 2.05) is 0 Å². The van der Waals surface area contributed by atoms with E-state index in [2.05, 4.69) is 17.9 Å². The Hall–Kier alpha value is -1.24. The summed E-state index contributed by atoms with van der Waals surface area (Å²) in [5.74, 6) is -1.94. The van der Waals surface area contributed by atoms with Crippen molar-refractivity contribution in [2.24, 2.45) is 0 Å². The molecule has 0 radical (unpaired) electrons. The smallest absolute Gasteiger partial charge is 0.325 e. The number of carbonyl (C=O) groups is 1. The van der Waals surface area contributed by atoms with Gasteiger partial charge >= 0.3 is 6.18 Å². The molecule has 0 aliphatic heterocycles. The zero-order valence-corrected chi connectivity index (χ0v) is 9.57. The Morgan fingerprint density at radius 2 is 2.00 bits per heavy atom. The summed E-state index contributed by atoms with van der Waals surface area (Å²) in [4.78, 5) is 11.2. The molecule has 1 unspecified atom stereocenters. The molecule has 1 aromatic carbocycles. The van der Waals surface area contributed by atoms with Crippen molar-refractivity contribution in [2.75, 3.05) is 5.32 Å². The first kappa shape index (κ1) is 13.8. The van der Waals surface area contributed by atoms with Crippen LogP contribution in [-0.4, -0.2) is 11.2 Å². The van der Waals surface area contributed by atoms with E-state index in [4.69, 9.17) is 0 Å². The lowest BCUT2D eigenvalue weighted by Crippen LogP contribution is -2.21. The molecular weight excluding hydrogens is 258 g/mol. The summed E-state index contributed by atoms with van der Waals surface area (Å²) in [5, 5.41) is 1.53. The molecule has 94 valence electrons. The molecule has 1 rings (SSSR count). The molecule has 0 heterocycles. The van der Waals surface area contributed by atoms with Crippen molar-refractivity contribution in [3.63, 3.8) is 0 Å². The molecule has 0 spiro atoms. The van der Waals surface area contributed by atoms with Crippen LogP contribution in [0.1, 0.15) is 12.5 Å². The van der Waals surface area contributed by atoms with Crippen LogP contribution in [0.2, 0.25) is 0 Å². The number of hydrogen-bond acceptors (Lipinski definition) is 2. The molecule has 1 aromatic rings. The molecular formula is C10H9F4NOS. The highest BCUT2D eigenvalue weighted by Gasteiger charge is 2.34. The van der Waals surface area contributed by atoms with E-state index in [1.165, 1.54) is 6.92 Å². The predicted octanol–water partition coefficient (Wildman–Crippen LogP) is 3.10. The normalized spacial score (nSPS) is 13.3. The maximum atomic E-state index is 12.9. The van der Waals surface area contributed by atoms with Crippen LogP contribution in [0.25, 0.3) is 0 Å². The van der Waals surface area contributed by atoms with Crippen LogP contribution in [0.15, 0.2) is 18.2 Å². The van der Waals surface area contributed by atoms with Gasteiger partial charge in [-0.25, -0.2) is 4.39 Å². The third-order valence-electron chi connectivity index (χ3n) is 1.92. The maximum Gasteiger partial charge on any atom is 0.419 e. The van der Waals surface area contributed by atoms with Crippen molar-refractivity contribution in [3.05, 3.63) is 29.6 Å². The third-order valence-corrected chi connectivity index (χ3v) is 2.15. The standard InChI is InChI=1S/C10H9F4NOS/c1-5(17)9(16)15-6-2-3-8(11)7(4-6)10(12,13)14/h2-5,17H,1H3,(H,15,16). The third kappa shape index (κ3) is 3.62. The van der Waals surface area contributed by atoms with Gasteiger partial charge in [0.2, 0.25) is 5.91 Å². The Balaban J connectivity index is 3.01. The number of amides is 1. The van der Waals surface area contributed by atoms with Gasteiger partial charge in [0.05, 0.1) is 10.8 Å². The number of alkyl halides is 3. The second-order valence-corrected chi connectivity index (χ2v) is 4.13. The first-order valence-electron chi connectivity index (χ1n) is 4.57. The fourth-order valence-corrected chi connectivity index (χ4v) is 1.13. The van der Waals surface area contributed by atoms with Crippen LogP contribution in [0.3, 0.4) is 0 Å². The second-order valence-electron chi connectivity index (χ2n) is 3.36. The highest BCUT2D eigenvalue weighted by atomic mass is 32.1. The zero-order chi connectivity index (χ0) is 13.2. The lowest BCUT2D eigenvalue weighted by Gasteiger charge is -2.11. The minimum Gasteiger partial charge on any atom is -0.325 e. The van der Waals surface area contributed by atoms with Crippen LogP contribution >= 0.6 is 12.6 Å². The average molecular weight is 267 g/mol. The van der Waals surface area contributed by atoms with E-state index >= 15 is 0 Å². The molecule has 1 N–H and O–H groups in total. The van der Waals surface area contributed by atoms with Gasteiger partial charge < -0.3 is 5.32 Å². The van der Waals surface area contributed by atoms with Gasteiger partial charge in [0.25, 0.3) is 0 Å². The van der Waals surface area contributed by atoms with Gasteiger partial charge in [0.1, 0.15) is 5.82 Å². The molecule has 0 saturated heterocycles. The number of anilines is 1. The lowest BCUT2D eigenvalue weighted by molar-refractivity contribution is -0.140. The van der Waals surface area contributed by atoms with Crippen molar-refractivity contribution in [1.82, 2.24) is 0 Å². The van der Waals surface area contributed by atoms with Crippen molar-refractivity contribution in [3.8, 4) is 0 Å². The summed E-state index contributed by atoms with van der Waals surface area (Å²) < 4.78 is 50.0. The number of benzene rings is 1. The average Bonchev–Trinajstić information content (AvgIpc) is 2.19. The van der Waals surface area contributed by atoms with Crippen molar-refractivity contribution >= 4 is 24.2 Å². The van der Waals surface area contributed by atoms with Crippen LogP contribution < -0.4 is 5.32 Å². The minimum atomic E-state index is -4.79. The lowest BCUT2D eigenvalue weighted by atomic mass is 10.2. The molecule has 1 atom stereocenters. The number of halogens is 4. The summed E-state index contributed by atoms with van der Waals surface area (Å²) in [6.07, 6.45) is -4.79. The summed E-state index contributed by atoms with van der Waals surface area (Å²) in [6, 6.07) is 2.25. The molecule has 0 fully saturated rings. The van der Waals surface area contributed by atoms with Gasteiger partial charge in [-0.15, -0.1) is 0 Å². The van der Waals surface area contributed by atoms with Gasteiger partial charge in [0.15, 0.2) is 0 Å². The van der Waals surface area contributed by atoms with Gasteiger partial charge in [-0.3, -0.25) is 4.79 Å². The van der Waals surface area contributed by atoms with Gasteiger partial charge in [0, 0.05) is 5.69 Å². The van der Waals surface area contributed by atoms with Crippen LogP contribution in [0, 0.1) is 5.82 Å². The predicted molar refractivity (Wildman–Crippen MR) is 58.5 cm³/mol. The zero-order valence-electron chi connectivity index (χ0n) is 8.68. The summed E-state index contributed by atoms with van der Waals surface area (Å²) in [6.45, 7) is 1.46. The van der Waals surface area contributed by atoms with E-state index in [9.17, 15) is 22.4 Å². The molecule has 0 saturated carbocycles. The molecule has 0 aliphatic carbocycles. The van der Waals surface area contributed by atoms with Gasteiger partial charge in [-0.05, 0) is 25.1 Å². The molecule has 0 bridgehead atoms. The number of thiol groups is 1. The molecule has 7 heteroatoms. The maximum absolute atomic E-state index is 12.9. The Morgan fingerprint density at radius 3 is 2.47 bits per heavy atom. The Labute approximate surface area is 100 Å². The fourth-order valence-electron chi connectivity index (χ4n) is 1.07. The van der Waals surface area contributed by atoms with Gasteiger partial charge in [-0.2, -0.15) is 25.8 Å². The van der Waals surface area contributed by atoms with E-state index in [1.54, 1.807) is 0 Å². The molecule has 0 aliphatic rings. The van der Waals surface area contributed by atoms with Crippen molar-refractivity contribution in [2.45, 2.75) is 18.3 Å². The quantitative estimate of drug-likeness (QED) is 0.625. The molecule has 17 heavy (non-hydrogen) atoms. The number of nitrogens with one attached hydrogen (secondary N) is 1.